The molecule has 0 bridgehead atoms. The van der Waals surface area contributed by atoms with Gasteiger partial charge in [0.2, 0.25) is 5.91 Å². The van der Waals surface area contributed by atoms with Crippen molar-refractivity contribution in [2.75, 3.05) is 5.32 Å². The Kier molecular flexibility index (Phi) is 3.51. The van der Waals surface area contributed by atoms with E-state index in [0.717, 1.165) is 11.3 Å². The molecule has 0 aliphatic heterocycles. The SMILES string of the molecule is CC(N)C(=O)Nc1nc(-c2ccccc2)cs1. The molecule has 17 heavy (non-hydrogen) atoms. The summed E-state index contributed by atoms with van der Waals surface area (Å²) in [5.74, 6) is -0.223. The van der Waals surface area contributed by atoms with Gasteiger partial charge in [-0.2, -0.15) is 0 Å². The lowest BCUT2D eigenvalue weighted by atomic mass is 10.2. The van der Waals surface area contributed by atoms with Crippen LogP contribution in [0.5, 0.6) is 0 Å². The largest absolute Gasteiger partial charge is 0.320 e. The van der Waals surface area contributed by atoms with E-state index in [-0.39, 0.29) is 5.91 Å². The summed E-state index contributed by atoms with van der Waals surface area (Å²) in [4.78, 5) is 15.7. The summed E-state index contributed by atoms with van der Waals surface area (Å²) in [6, 6.07) is 9.29. The highest BCUT2D eigenvalue weighted by Crippen LogP contribution is 2.24. The maximum Gasteiger partial charge on any atom is 0.242 e. The number of carbonyl (C=O) groups excluding carboxylic acids is 1. The van der Waals surface area contributed by atoms with E-state index in [2.05, 4.69) is 10.3 Å². The van der Waals surface area contributed by atoms with Crippen molar-refractivity contribution >= 4 is 22.4 Å². The van der Waals surface area contributed by atoms with Crippen LogP contribution < -0.4 is 11.1 Å². The van der Waals surface area contributed by atoms with Gasteiger partial charge in [-0.1, -0.05) is 30.3 Å². The molecule has 1 heterocycles. The maximum absolute atomic E-state index is 11.4. The van der Waals surface area contributed by atoms with Gasteiger partial charge >= 0.3 is 0 Å². The molecule has 0 fully saturated rings. The number of rotatable bonds is 3. The number of nitrogens with zero attached hydrogens (tertiary/aromatic N) is 1. The highest BCUT2D eigenvalue weighted by Gasteiger charge is 2.10. The topological polar surface area (TPSA) is 68.0 Å². The van der Waals surface area contributed by atoms with E-state index in [1.165, 1.54) is 11.3 Å². The van der Waals surface area contributed by atoms with Crippen molar-refractivity contribution in [3.8, 4) is 11.3 Å². The monoisotopic (exact) mass is 247 g/mol. The summed E-state index contributed by atoms with van der Waals surface area (Å²) in [5, 5.41) is 5.16. The summed E-state index contributed by atoms with van der Waals surface area (Å²) in [7, 11) is 0. The normalized spacial score (nSPS) is 12.1. The molecule has 5 heteroatoms. The molecule has 0 aliphatic rings. The molecule has 0 radical (unpaired) electrons. The number of hydrogen-bond acceptors (Lipinski definition) is 4. The van der Waals surface area contributed by atoms with Crippen molar-refractivity contribution in [2.45, 2.75) is 13.0 Å². The van der Waals surface area contributed by atoms with E-state index in [9.17, 15) is 4.79 Å². The predicted octanol–water partition coefficient (Wildman–Crippen LogP) is 2.10. The number of hydrogen-bond donors (Lipinski definition) is 2. The van der Waals surface area contributed by atoms with E-state index in [0.29, 0.717) is 5.13 Å². The Morgan fingerprint density at radius 2 is 2.12 bits per heavy atom. The Balaban J connectivity index is 2.14. The van der Waals surface area contributed by atoms with E-state index in [1.54, 1.807) is 6.92 Å². The first-order chi connectivity index (χ1) is 8.16. The van der Waals surface area contributed by atoms with E-state index in [4.69, 9.17) is 5.73 Å². The summed E-state index contributed by atoms with van der Waals surface area (Å²) in [6.45, 7) is 1.64. The number of nitrogens with two attached hydrogens (primary N) is 1. The first-order valence-electron chi connectivity index (χ1n) is 5.24. The summed E-state index contributed by atoms with van der Waals surface area (Å²) >= 11 is 1.39. The van der Waals surface area contributed by atoms with Gasteiger partial charge in [0.15, 0.2) is 5.13 Å². The van der Waals surface area contributed by atoms with Crippen LogP contribution in [0.15, 0.2) is 35.7 Å². The molecule has 1 aromatic carbocycles. The third kappa shape index (κ3) is 2.89. The van der Waals surface area contributed by atoms with Gasteiger partial charge in [0.25, 0.3) is 0 Å². The van der Waals surface area contributed by atoms with Crippen molar-refractivity contribution in [1.82, 2.24) is 4.98 Å². The van der Waals surface area contributed by atoms with Crippen molar-refractivity contribution in [3.63, 3.8) is 0 Å². The molecule has 0 saturated heterocycles. The van der Waals surface area contributed by atoms with Crippen molar-refractivity contribution in [3.05, 3.63) is 35.7 Å². The molecule has 88 valence electrons. The molecule has 0 spiro atoms. The van der Waals surface area contributed by atoms with Gasteiger partial charge in [-0.05, 0) is 6.92 Å². The predicted molar refractivity (Wildman–Crippen MR) is 69.8 cm³/mol. The number of nitrogens with one attached hydrogen (secondary N) is 1. The number of carbonyl (C=O) groups is 1. The minimum atomic E-state index is -0.529. The number of benzene rings is 1. The Hall–Kier alpha value is -1.72. The smallest absolute Gasteiger partial charge is 0.242 e. The second-order valence-corrected chi connectivity index (χ2v) is 4.54. The van der Waals surface area contributed by atoms with Crippen LogP contribution in [0.1, 0.15) is 6.92 Å². The van der Waals surface area contributed by atoms with Crippen LogP contribution in [0.25, 0.3) is 11.3 Å². The van der Waals surface area contributed by atoms with Crippen molar-refractivity contribution in [1.29, 1.82) is 0 Å². The van der Waals surface area contributed by atoms with Crippen molar-refractivity contribution < 1.29 is 4.79 Å². The molecular formula is C12H13N3OS. The molecule has 1 atom stereocenters. The fraction of sp³-hybridized carbons (Fsp3) is 0.167. The minimum Gasteiger partial charge on any atom is -0.320 e. The molecule has 1 unspecified atom stereocenters. The van der Waals surface area contributed by atoms with Gasteiger partial charge in [0, 0.05) is 10.9 Å². The van der Waals surface area contributed by atoms with Crippen molar-refractivity contribution in [2.24, 2.45) is 5.73 Å². The lowest BCUT2D eigenvalue weighted by Gasteiger charge is -2.03. The number of anilines is 1. The van der Waals surface area contributed by atoms with Gasteiger partial charge in [0.1, 0.15) is 0 Å². The lowest BCUT2D eigenvalue weighted by Crippen LogP contribution is -2.32. The average molecular weight is 247 g/mol. The molecular weight excluding hydrogens is 234 g/mol. The zero-order valence-corrected chi connectivity index (χ0v) is 10.2. The summed E-state index contributed by atoms with van der Waals surface area (Å²) in [6.07, 6.45) is 0. The molecule has 2 aromatic rings. The fourth-order valence-corrected chi connectivity index (χ4v) is 2.01. The molecule has 0 aliphatic carbocycles. The van der Waals surface area contributed by atoms with Gasteiger partial charge in [-0.25, -0.2) is 4.98 Å². The summed E-state index contributed by atoms with van der Waals surface area (Å²) in [5.41, 5.74) is 7.36. The van der Waals surface area contributed by atoms with Crippen LogP contribution in [-0.2, 0) is 4.79 Å². The number of amides is 1. The van der Waals surface area contributed by atoms with E-state index >= 15 is 0 Å². The van der Waals surface area contributed by atoms with Crippen LogP contribution >= 0.6 is 11.3 Å². The second kappa shape index (κ2) is 5.07. The second-order valence-electron chi connectivity index (χ2n) is 3.68. The number of aromatic nitrogens is 1. The first kappa shape index (κ1) is 11.8. The standard InChI is InChI=1S/C12H13N3OS/c1-8(13)11(16)15-12-14-10(7-17-12)9-5-3-2-4-6-9/h2-8H,13H2,1H3,(H,14,15,16). The first-order valence-corrected chi connectivity index (χ1v) is 6.12. The Bertz CT molecular complexity index is 507. The third-order valence-electron chi connectivity index (χ3n) is 2.22. The summed E-state index contributed by atoms with van der Waals surface area (Å²) < 4.78 is 0. The van der Waals surface area contributed by atoms with Crippen LogP contribution in [0.2, 0.25) is 0 Å². The number of thiazole rings is 1. The van der Waals surface area contributed by atoms with Gasteiger partial charge in [0.05, 0.1) is 11.7 Å². The molecule has 1 aromatic heterocycles. The lowest BCUT2D eigenvalue weighted by molar-refractivity contribution is -0.117. The van der Waals surface area contributed by atoms with E-state index in [1.807, 2.05) is 35.7 Å². The highest BCUT2D eigenvalue weighted by molar-refractivity contribution is 7.14. The quantitative estimate of drug-likeness (QED) is 0.872. The molecule has 3 N–H and O–H groups in total. The van der Waals surface area contributed by atoms with Crippen LogP contribution in [-0.4, -0.2) is 16.9 Å². The fourth-order valence-electron chi connectivity index (χ4n) is 1.29. The Morgan fingerprint density at radius 1 is 1.41 bits per heavy atom. The molecule has 1 amide bonds. The average Bonchev–Trinajstić information content (AvgIpc) is 2.78. The highest BCUT2D eigenvalue weighted by atomic mass is 32.1. The third-order valence-corrected chi connectivity index (χ3v) is 2.98. The van der Waals surface area contributed by atoms with Crippen LogP contribution in [0.4, 0.5) is 5.13 Å². The van der Waals surface area contributed by atoms with Crippen LogP contribution in [0.3, 0.4) is 0 Å². The minimum absolute atomic E-state index is 0.223. The Morgan fingerprint density at radius 3 is 2.76 bits per heavy atom. The zero-order valence-electron chi connectivity index (χ0n) is 9.38. The van der Waals surface area contributed by atoms with Gasteiger partial charge < -0.3 is 11.1 Å². The van der Waals surface area contributed by atoms with E-state index < -0.39 is 6.04 Å². The van der Waals surface area contributed by atoms with Crippen LogP contribution in [0, 0.1) is 0 Å². The molecule has 0 saturated carbocycles. The maximum atomic E-state index is 11.4. The van der Waals surface area contributed by atoms with Gasteiger partial charge in [-0.15, -0.1) is 11.3 Å². The zero-order chi connectivity index (χ0) is 12.3. The molecule has 4 nitrogen and oxygen atoms in total. The molecule has 2 rings (SSSR count). The van der Waals surface area contributed by atoms with Gasteiger partial charge in [-0.3, -0.25) is 4.79 Å². The Labute approximate surface area is 103 Å².